The lowest BCUT2D eigenvalue weighted by molar-refractivity contribution is -0.116. The summed E-state index contributed by atoms with van der Waals surface area (Å²) in [6.07, 6.45) is 0.353. The molecule has 0 bridgehead atoms. The topological polar surface area (TPSA) is 35.5 Å². The van der Waals surface area contributed by atoms with Crippen LogP contribution in [0.5, 0.6) is 11.5 Å². The number of carbonyl (C=O) groups excluding carboxylic acids is 1. The van der Waals surface area contributed by atoms with Gasteiger partial charge in [-0.25, -0.2) is 0 Å². The average Bonchev–Trinajstić information content (AvgIpc) is 2.23. The maximum Gasteiger partial charge on any atom is 0.134 e. The van der Waals surface area contributed by atoms with E-state index in [1.54, 1.807) is 6.92 Å². The number of hydrogen-bond acceptors (Lipinski definition) is 3. The van der Waals surface area contributed by atoms with Crippen molar-refractivity contribution < 1.29 is 14.3 Å². The van der Waals surface area contributed by atoms with Crippen molar-refractivity contribution in [1.29, 1.82) is 0 Å². The molecule has 0 aliphatic carbocycles. The molecule has 0 spiro atoms. The van der Waals surface area contributed by atoms with Crippen LogP contribution in [0.1, 0.15) is 26.3 Å². The van der Waals surface area contributed by atoms with Crippen molar-refractivity contribution in [3.63, 3.8) is 0 Å². The van der Waals surface area contributed by atoms with Crippen molar-refractivity contribution in [1.82, 2.24) is 0 Å². The molecule has 0 aliphatic rings. The van der Waals surface area contributed by atoms with Gasteiger partial charge in [-0.3, -0.25) is 4.79 Å². The van der Waals surface area contributed by atoms with Gasteiger partial charge in [0.15, 0.2) is 0 Å². The maximum atomic E-state index is 11.2. The Morgan fingerprint density at radius 1 is 1.12 bits per heavy atom. The Morgan fingerprint density at radius 2 is 1.62 bits per heavy atom. The van der Waals surface area contributed by atoms with Gasteiger partial charge in [0.1, 0.15) is 17.3 Å². The van der Waals surface area contributed by atoms with Gasteiger partial charge in [0, 0.05) is 12.0 Å². The first-order valence-corrected chi connectivity index (χ1v) is 5.56. The lowest BCUT2D eigenvalue weighted by atomic mass is 10.1. The molecule has 3 nitrogen and oxygen atoms in total. The van der Waals surface area contributed by atoms with Gasteiger partial charge in [-0.05, 0) is 32.9 Å². The van der Waals surface area contributed by atoms with Gasteiger partial charge >= 0.3 is 0 Å². The van der Waals surface area contributed by atoms with Crippen molar-refractivity contribution >= 4 is 5.78 Å². The maximum absolute atomic E-state index is 11.2. The smallest absolute Gasteiger partial charge is 0.134 e. The standard InChI is InChI=1S/C13H18O3/c1-4-15-12-7-6-8-13(16-5-2)11(12)9-10(3)14/h6-8H,4-5,9H2,1-3H3. The number of benzene rings is 1. The third kappa shape index (κ3) is 3.26. The van der Waals surface area contributed by atoms with Gasteiger partial charge in [-0.2, -0.15) is 0 Å². The molecule has 0 heterocycles. The first-order chi connectivity index (χ1) is 7.69. The van der Waals surface area contributed by atoms with Gasteiger partial charge in [0.2, 0.25) is 0 Å². The zero-order chi connectivity index (χ0) is 12.0. The molecule has 0 N–H and O–H groups in total. The summed E-state index contributed by atoms with van der Waals surface area (Å²) in [5.41, 5.74) is 0.846. The minimum atomic E-state index is 0.105. The van der Waals surface area contributed by atoms with Crippen LogP contribution in [0.3, 0.4) is 0 Å². The molecule has 0 radical (unpaired) electrons. The van der Waals surface area contributed by atoms with Gasteiger partial charge in [-0.15, -0.1) is 0 Å². The molecule has 0 aromatic heterocycles. The van der Waals surface area contributed by atoms with E-state index in [1.165, 1.54) is 0 Å². The molecule has 3 heteroatoms. The van der Waals surface area contributed by atoms with Crippen LogP contribution in [0.25, 0.3) is 0 Å². The fourth-order valence-corrected chi connectivity index (χ4v) is 1.55. The van der Waals surface area contributed by atoms with E-state index in [-0.39, 0.29) is 5.78 Å². The zero-order valence-electron chi connectivity index (χ0n) is 10.1. The number of hydrogen-bond donors (Lipinski definition) is 0. The van der Waals surface area contributed by atoms with Gasteiger partial charge in [0.25, 0.3) is 0 Å². The van der Waals surface area contributed by atoms with Crippen LogP contribution >= 0.6 is 0 Å². The second-order valence-corrected chi connectivity index (χ2v) is 3.48. The molecular weight excluding hydrogens is 204 g/mol. The third-order valence-corrected chi connectivity index (χ3v) is 2.12. The largest absolute Gasteiger partial charge is 0.493 e. The van der Waals surface area contributed by atoms with Gasteiger partial charge in [0.05, 0.1) is 13.2 Å². The Bertz CT molecular complexity index is 334. The Balaban J connectivity index is 3.06. The van der Waals surface area contributed by atoms with Crippen molar-refractivity contribution in [3.05, 3.63) is 23.8 Å². The molecule has 0 saturated heterocycles. The minimum Gasteiger partial charge on any atom is -0.493 e. The molecule has 1 rings (SSSR count). The van der Waals surface area contributed by atoms with Gasteiger partial charge in [-0.1, -0.05) is 6.07 Å². The molecule has 0 aliphatic heterocycles. The molecule has 0 saturated carbocycles. The number of ketones is 1. The highest BCUT2D eigenvalue weighted by Crippen LogP contribution is 2.29. The van der Waals surface area contributed by atoms with Crippen molar-refractivity contribution in [2.45, 2.75) is 27.2 Å². The Hall–Kier alpha value is -1.51. The summed E-state index contributed by atoms with van der Waals surface area (Å²) in [5.74, 6) is 1.58. The average molecular weight is 222 g/mol. The molecular formula is C13H18O3. The van der Waals surface area contributed by atoms with E-state index in [2.05, 4.69) is 0 Å². The number of Topliss-reactive ketones (excluding diaryl/α,β-unsaturated/α-hetero) is 1. The molecule has 0 unspecified atom stereocenters. The second kappa shape index (κ2) is 6.16. The summed E-state index contributed by atoms with van der Waals surface area (Å²) in [7, 11) is 0. The van der Waals surface area contributed by atoms with Crippen LogP contribution in [-0.4, -0.2) is 19.0 Å². The van der Waals surface area contributed by atoms with Crippen LogP contribution in [0.15, 0.2) is 18.2 Å². The highest BCUT2D eigenvalue weighted by molar-refractivity contribution is 5.80. The molecule has 16 heavy (non-hydrogen) atoms. The van der Waals surface area contributed by atoms with Crippen LogP contribution in [0.4, 0.5) is 0 Å². The van der Waals surface area contributed by atoms with E-state index in [0.29, 0.717) is 19.6 Å². The third-order valence-electron chi connectivity index (χ3n) is 2.12. The minimum absolute atomic E-state index is 0.105. The highest BCUT2D eigenvalue weighted by Gasteiger charge is 2.12. The first kappa shape index (κ1) is 12.6. The summed E-state index contributed by atoms with van der Waals surface area (Å²) in [4.78, 5) is 11.2. The normalized spacial score (nSPS) is 9.94. The molecule has 1 aromatic rings. The lowest BCUT2D eigenvalue weighted by Gasteiger charge is -2.13. The van der Waals surface area contributed by atoms with Crippen molar-refractivity contribution in [2.75, 3.05) is 13.2 Å². The Morgan fingerprint density at radius 3 is 2.00 bits per heavy atom. The van der Waals surface area contributed by atoms with Crippen LogP contribution in [0, 0.1) is 0 Å². The zero-order valence-corrected chi connectivity index (χ0v) is 10.1. The van der Waals surface area contributed by atoms with Crippen LogP contribution in [0.2, 0.25) is 0 Å². The molecule has 88 valence electrons. The van der Waals surface area contributed by atoms with Gasteiger partial charge < -0.3 is 9.47 Å². The Kier molecular flexibility index (Phi) is 4.83. The summed E-state index contributed by atoms with van der Waals surface area (Å²) >= 11 is 0. The van der Waals surface area contributed by atoms with E-state index in [9.17, 15) is 4.79 Å². The van der Waals surface area contributed by atoms with E-state index in [4.69, 9.17) is 9.47 Å². The molecule has 1 aromatic carbocycles. The number of carbonyl (C=O) groups is 1. The monoisotopic (exact) mass is 222 g/mol. The predicted molar refractivity (Wildman–Crippen MR) is 63.2 cm³/mol. The van der Waals surface area contributed by atoms with Crippen LogP contribution in [-0.2, 0) is 11.2 Å². The van der Waals surface area contributed by atoms with E-state index in [0.717, 1.165) is 17.1 Å². The fraction of sp³-hybridized carbons (Fsp3) is 0.462. The molecule has 0 atom stereocenters. The summed E-state index contributed by atoms with van der Waals surface area (Å²) in [5, 5.41) is 0. The van der Waals surface area contributed by atoms with E-state index in [1.807, 2.05) is 32.0 Å². The second-order valence-electron chi connectivity index (χ2n) is 3.48. The predicted octanol–water partition coefficient (Wildman–Crippen LogP) is 2.62. The molecule has 0 fully saturated rings. The number of ether oxygens (including phenoxy) is 2. The lowest BCUT2D eigenvalue weighted by Crippen LogP contribution is -2.05. The SMILES string of the molecule is CCOc1cccc(OCC)c1CC(C)=O. The van der Waals surface area contributed by atoms with E-state index < -0.39 is 0 Å². The fourth-order valence-electron chi connectivity index (χ4n) is 1.55. The first-order valence-electron chi connectivity index (χ1n) is 5.56. The quantitative estimate of drug-likeness (QED) is 0.742. The Labute approximate surface area is 96.4 Å². The number of rotatable bonds is 6. The highest BCUT2D eigenvalue weighted by atomic mass is 16.5. The van der Waals surface area contributed by atoms with Crippen molar-refractivity contribution in [3.8, 4) is 11.5 Å². The summed E-state index contributed by atoms with van der Waals surface area (Å²) < 4.78 is 11.0. The van der Waals surface area contributed by atoms with Crippen molar-refractivity contribution in [2.24, 2.45) is 0 Å². The summed E-state index contributed by atoms with van der Waals surface area (Å²) in [6.45, 7) is 6.58. The molecule has 0 amide bonds. The van der Waals surface area contributed by atoms with E-state index >= 15 is 0 Å². The summed E-state index contributed by atoms with van der Waals surface area (Å²) in [6, 6.07) is 5.61. The van der Waals surface area contributed by atoms with Crippen LogP contribution < -0.4 is 9.47 Å².